The van der Waals surface area contributed by atoms with Crippen LogP contribution >= 0.6 is 0 Å². The van der Waals surface area contributed by atoms with E-state index in [9.17, 15) is 43.5 Å². The Labute approximate surface area is 859 Å². The third kappa shape index (κ3) is 41.5. The number of likely N-dealkylation sites (tertiary alicyclic amines) is 4. The zero-order chi connectivity index (χ0) is 108. The van der Waals surface area contributed by atoms with Gasteiger partial charge in [0.05, 0.1) is 7.11 Å². The van der Waals surface area contributed by atoms with E-state index in [1.165, 1.54) is 7.11 Å². The maximum Gasteiger partial charge on any atom is 0.323 e. The third-order valence-electron chi connectivity index (χ3n) is 32.1. The van der Waals surface area contributed by atoms with Gasteiger partial charge in [0.15, 0.2) is 5.41 Å². The Morgan fingerprint density at radius 2 is 0.440 bits per heavy atom. The normalized spacial score (nSPS) is 22.9. The maximum absolute atomic E-state index is 14.5. The van der Waals surface area contributed by atoms with Crippen molar-refractivity contribution in [1.82, 2.24) is 35.6 Å². The van der Waals surface area contributed by atoms with Crippen LogP contribution < -0.4 is 16.0 Å². The van der Waals surface area contributed by atoms with Crippen LogP contribution in [-0.4, -0.2) is 228 Å². The Hall–Kier alpha value is -5.50. The van der Waals surface area contributed by atoms with E-state index in [1.807, 2.05) is 12.1 Å². The lowest BCUT2D eigenvalue weighted by atomic mass is 9.75. The highest BCUT2D eigenvalue weighted by Gasteiger charge is 2.54. The van der Waals surface area contributed by atoms with Gasteiger partial charge in [-0.2, -0.15) is 0 Å². The van der Waals surface area contributed by atoms with Gasteiger partial charge in [-0.1, -0.05) is 131 Å². The number of esters is 8. The van der Waals surface area contributed by atoms with Crippen molar-refractivity contribution in [2.45, 2.75) is 624 Å². The Balaban J connectivity index is 0.000000338. The molecule has 7 aliphatic heterocycles. The van der Waals surface area contributed by atoms with Crippen LogP contribution in [0.15, 0.2) is 12.1 Å². The molecule has 24 heteroatoms. The van der Waals surface area contributed by atoms with Gasteiger partial charge in [-0.15, -0.1) is 0 Å². The molecular weight excluding hydrogens is 1780 g/mol. The number of hydrogen-bond acceptors (Lipinski definition) is 24. The molecule has 7 aliphatic rings. The molecule has 0 bridgehead atoms. The summed E-state index contributed by atoms with van der Waals surface area (Å²) in [5.41, 5.74) is -0.608. The first-order valence-electron chi connectivity index (χ1n) is 54.8. The van der Waals surface area contributed by atoms with Gasteiger partial charge >= 0.3 is 47.8 Å². The first-order chi connectivity index (χ1) is 64.1. The van der Waals surface area contributed by atoms with Gasteiger partial charge in [0.1, 0.15) is 48.5 Å². The Kier molecular flexibility index (Phi) is 45.3. The average molecular weight is 1990 g/mol. The molecule has 8 rings (SSSR count). The molecule has 1 aromatic rings. The number of piperidine rings is 7. The number of hydrogen-bond donors (Lipinski definition) is 4. The van der Waals surface area contributed by atoms with Gasteiger partial charge < -0.3 is 59.0 Å². The fraction of sp³-hybridized carbons (Fsp3) is 0.880. The molecule has 0 aromatic heterocycles. The van der Waals surface area contributed by atoms with Gasteiger partial charge in [0.2, 0.25) is 0 Å². The minimum atomic E-state index is -1.59. The molecule has 7 saturated heterocycles. The molecule has 0 spiro atoms. The van der Waals surface area contributed by atoms with E-state index in [0.29, 0.717) is 64.2 Å². The smallest absolute Gasteiger partial charge is 0.323 e. The summed E-state index contributed by atoms with van der Waals surface area (Å²) in [5.74, 6) is -1.27. The third-order valence-corrected chi connectivity index (χ3v) is 32.1. The second-order valence-corrected chi connectivity index (χ2v) is 55.4. The highest BCUT2D eigenvalue weighted by atomic mass is 16.6. The summed E-state index contributed by atoms with van der Waals surface area (Å²) in [6.45, 7) is 75.3. The molecule has 24 nitrogen and oxygen atoms in total. The van der Waals surface area contributed by atoms with Crippen LogP contribution in [0.3, 0.4) is 0 Å². The fourth-order valence-electron chi connectivity index (χ4n) is 24.6. The molecule has 7 fully saturated rings. The van der Waals surface area contributed by atoms with E-state index in [0.717, 1.165) is 196 Å². The van der Waals surface area contributed by atoms with Crippen LogP contribution in [-0.2, 0) is 93.5 Å². The SMILES string of the molecule is CC1(C)CC(OC(=O)CCCCCCCCC(=O)OC2CC(C)(C)NC(C)(C)C2)CC(C)(C)N1.CN1C(C)(C)CC(OC(=O)C(C)(Cc2cc(C(C)(C)C)c(O)c(C(C)(C)C)c2)C(=O)OC2CC(C)(C)N(C)C(C)(C)C2)CC1(C)C.CN1C(C)(C)CC(OC(=O)CCCCCCCCC(=O)OC2CC(C)(C)N(C)C(C)(C)C2)CC1(C)C.COC(=O)CCCCCCCCC(=O)OC1CC(C)(C)NC(C)(C)C1. The number of benzene rings is 1. The summed E-state index contributed by atoms with van der Waals surface area (Å²) in [5, 5.41) is 22.2. The second-order valence-electron chi connectivity index (χ2n) is 55.4. The molecule has 816 valence electrons. The van der Waals surface area contributed by atoms with E-state index < -0.39 is 17.4 Å². The van der Waals surface area contributed by atoms with E-state index in [-0.39, 0.29) is 179 Å². The summed E-state index contributed by atoms with van der Waals surface area (Å²) >= 11 is 0. The summed E-state index contributed by atoms with van der Waals surface area (Å²) in [6, 6.07) is 3.90. The summed E-state index contributed by atoms with van der Waals surface area (Å²) < 4.78 is 46.3. The summed E-state index contributed by atoms with van der Waals surface area (Å²) in [6.07, 6.45) is 31.9. The quantitative estimate of drug-likeness (QED) is 0.0207. The predicted octanol–water partition coefficient (Wildman–Crippen LogP) is 24.4. The molecule has 0 amide bonds. The fourth-order valence-corrected chi connectivity index (χ4v) is 24.6. The number of aromatic hydroxyl groups is 1. The second kappa shape index (κ2) is 50.7. The molecule has 4 N–H and O–H groups in total. The van der Waals surface area contributed by atoms with Gasteiger partial charge in [0, 0.05) is 206 Å². The van der Waals surface area contributed by atoms with Crippen molar-refractivity contribution in [3.05, 3.63) is 28.8 Å². The van der Waals surface area contributed by atoms with E-state index >= 15 is 0 Å². The monoisotopic (exact) mass is 1990 g/mol. The van der Waals surface area contributed by atoms with Crippen molar-refractivity contribution in [1.29, 1.82) is 0 Å². The standard InChI is InChI=1S/C39H66N2O5.C30H56N2O4.C28H52N2O4.C20H37NO4/c1-33(2,3)28-18-25(19-29(30(28)42)34(4,5)6)20-39(15,31(43)45-26-21-35(7,8)40(16)36(9,10)22-26)32(44)46-27-23-37(11,12)41(17)38(13,14)24-27;1-27(2)19-23(20-28(3,4)31(27)9)35-25(33)17-15-13-11-12-14-16-18-26(34)36-24-21-29(5,6)32(10)30(7,8)22-24;1-25(2)17-21(18-26(3,4)29-25)33-23(31)15-13-11-9-10-12-14-16-24(32)34-22-19-27(5,6)30-28(7,8)20-22;1-19(2)14-16(15-20(3,4)21-19)25-18(23)13-11-9-7-6-8-10-12-17(22)24-5/h18-19,26-27,42H,20-24H2,1-17H3;23-24H,11-22H2,1-10H3;21-22,29-30H,9-20H2,1-8H3;16,21H,6-15H2,1-5H3. The zero-order valence-electron chi connectivity index (χ0n) is 97.5. The molecular formula is C117H211N7O17. The van der Waals surface area contributed by atoms with E-state index in [1.54, 1.807) is 6.92 Å². The number of carbonyl (C=O) groups excluding carboxylic acids is 8. The highest BCUT2D eigenvalue weighted by molar-refractivity contribution is 6.00. The molecule has 0 unspecified atom stereocenters. The van der Waals surface area contributed by atoms with E-state index in [2.05, 4.69) is 304 Å². The number of methoxy groups -OCH3 is 1. The number of phenols is 1. The highest BCUT2D eigenvalue weighted by Crippen LogP contribution is 2.48. The van der Waals surface area contributed by atoms with Gasteiger partial charge in [-0.25, -0.2) is 0 Å². The molecule has 0 radical (unpaired) electrons. The number of nitrogens with one attached hydrogen (secondary N) is 3. The number of unbranched alkanes of at least 4 members (excludes halogenated alkanes) is 15. The van der Waals surface area contributed by atoms with Crippen LogP contribution in [0.5, 0.6) is 5.75 Å². The number of phenolic OH excluding ortho intramolecular Hbond substituents is 1. The van der Waals surface area contributed by atoms with Crippen LogP contribution in [0.1, 0.15) is 503 Å². The summed E-state index contributed by atoms with van der Waals surface area (Å²) in [7, 11) is 9.99. The number of ether oxygens (including phenoxy) is 8. The van der Waals surface area contributed by atoms with E-state index in [4.69, 9.17) is 33.2 Å². The minimum Gasteiger partial charge on any atom is -0.507 e. The van der Waals surface area contributed by atoms with Gasteiger partial charge in [0.25, 0.3) is 0 Å². The number of nitrogens with zero attached hydrogens (tertiary/aromatic N) is 4. The molecule has 0 atom stereocenters. The topological polar surface area (TPSA) is 280 Å². The zero-order valence-corrected chi connectivity index (χ0v) is 97.5. The lowest BCUT2D eigenvalue weighted by Crippen LogP contribution is -2.61. The van der Waals surface area contributed by atoms with Crippen molar-refractivity contribution in [3.63, 3.8) is 0 Å². The Bertz CT molecular complexity index is 3840. The van der Waals surface area contributed by atoms with Gasteiger partial charge in [-0.3, -0.25) is 58.0 Å². The van der Waals surface area contributed by atoms with Crippen molar-refractivity contribution in [2.24, 2.45) is 5.41 Å². The first-order valence-corrected chi connectivity index (χ1v) is 54.8. The van der Waals surface area contributed by atoms with Crippen LogP contribution in [0.25, 0.3) is 0 Å². The largest absolute Gasteiger partial charge is 0.507 e. The molecule has 0 saturated carbocycles. The lowest BCUT2D eigenvalue weighted by Gasteiger charge is -2.53. The van der Waals surface area contributed by atoms with Crippen LogP contribution in [0, 0.1) is 5.41 Å². The maximum atomic E-state index is 14.5. The van der Waals surface area contributed by atoms with Crippen LogP contribution in [0.4, 0.5) is 0 Å². The Morgan fingerprint density at radius 1 is 0.277 bits per heavy atom. The molecule has 7 heterocycles. The molecule has 0 aliphatic carbocycles. The van der Waals surface area contributed by atoms with Crippen molar-refractivity contribution >= 4 is 47.8 Å². The van der Waals surface area contributed by atoms with Crippen molar-refractivity contribution < 1.29 is 81.4 Å². The first kappa shape index (κ1) is 126. The van der Waals surface area contributed by atoms with Crippen molar-refractivity contribution in [2.75, 3.05) is 35.3 Å². The van der Waals surface area contributed by atoms with Crippen LogP contribution in [0.2, 0.25) is 0 Å². The average Bonchev–Trinajstić information content (AvgIpc) is 0.781. The molecule has 141 heavy (non-hydrogen) atoms. The predicted molar refractivity (Wildman–Crippen MR) is 572 cm³/mol. The van der Waals surface area contributed by atoms with Crippen molar-refractivity contribution in [3.8, 4) is 5.75 Å². The Morgan fingerprint density at radius 3 is 0.617 bits per heavy atom. The van der Waals surface area contributed by atoms with Gasteiger partial charge in [-0.05, 0) is 301 Å². The lowest BCUT2D eigenvalue weighted by molar-refractivity contribution is -0.186. The number of carbonyl (C=O) groups is 8. The minimum absolute atomic E-state index is 0.000484. The number of rotatable bonds is 38. The molecule has 1 aromatic carbocycles. The summed E-state index contributed by atoms with van der Waals surface area (Å²) in [4.78, 5) is 111.